The van der Waals surface area contributed by atoms with Crippen molar-refractivity contribution in [2.24, 2.45) is 0 Å². The summed E-state index contributed by atoms with van der Waals surface area (Å²) in [6.45, 7) is 3.80. The Kier molecular flexibility index (Phi) is 4.45. The summed E-state index contributed by atoms with van der Waals surface area (Å²) >= 11 is 9.29. The van der Waals surface area contributed by atoms with Crippen molar-refractivity contribution in [2.45, 2.75) is 13.8 Å². The van der Waals surface area contributed by atoms with E-state index in [2.05, 4.69) is 21.2 Å². The molecule has 5 heteroatoms. The molecule has 1 N–H and O–H groups in total. The summed E-state index contributed by atoms with van der Waals surface area (Å²) in [6, 6.07) is 7.53. The maximum atomic E-state index is 13.0. The van der Waals surface area contributed by atoms with E-state index in [0.717, 1.165) is 27.4 Å². The summed E-state index contributed by atoms with van der Waals surface area (Å²) in [4.78, 5) is 12.2. The smallest absolute Gasteiger partial charge is 0.257 e. The van der Waals surface area contributed by atoms with Gasteiger partial charge in [0, 0.05) is 10.2 Å². The van der Waals surface area contributed by atoms with Crippen LogP contribution >= 0.6 is 27.5 Å². The molecule has 0 aliphatic rings. The fraction of sp³-hybridized carbons (Fsp3) is 0.133. The number of rotatable bonds is 2. The molecule has 2 nitrogen and oxygen atoms in total. The molecule has 0 aliphatic carbocycles. The second-order valence-corrected chi connectivity index (χ2v) is 5.82. The monoisotopic (exact) mass is 355 g/mol. The van der Waals surface area contributed by atoms with Crippen molar-refractivity contribution < 1.29 is 9.18 Å². The molecule has 0 fully saturated rings. The van der Waals surface area contributed by atoms with Gasteiger partial charge in [-0.1, -0.05) is 27.5 Å². The van der Waals surface area contributed by atoms with Crippen LogP contribution in [0.5, 0.6) is 0 Å². The normalized spacial score (nSPS) is 10.4. The van der Waals surface area contributed by atoms with Crippen LogP contribution in [0.3, 0.4) is 0 Å². The Morgan fingerprint density at radius 2 is 1.80 bits per heavy atom. The lowest BCUT2D eigenvalue weighted by Crippen LogP contribution is -2.14. The predicted octanol–water partition coefficient (Wildman–Crippen LogP) is 5.11. The maximum Gasteiger partial charge on any atom is 0.257 e. The lowest BCUT2D eigenvalue weighted by atomic mass is 10.1. The highest BCUT2D eigenvalue weighted by Crippen LogP contribution is 2.26. The van der Waals surface area contributed by atoms with Gasteiger partial charge >= 0.3 is 0 Å². The molecule has 2 rings (SSSR count). The Morgan fingerprint density at radius 3 is 2.35 bits per heavy atom. The van der Waals surface area contributed by atoms with Crippen molar-refractivity contribution in [1.82, 2.24) is 0 Å². The highest BCUT2D eigenvalue weighted by Gasteiger charge is 2.14. The van der Waals surface area contributed by atoms with Gasteiger partial charge in [-0.2, -0.15) is 0 Å². The summed E-state index contributed by atoms with van der Waals surface area (Å²) in [5, 5.41) is 2.91. The van der Waals surface area contributed by atoms with E-state index in [1.807, 2.05) is 26.0 Å². The number of nitrogens with one attached hydrogen (secondary N) is 1. The number of hydrogen-bond donors (Lipinski definition) is 1. The Morgan fingerprint density at radius 1 is 1.20 bits per heavy atom. The SMILES string of the molecule is Cc1cc(Br)cc(C)c1NC(=O)c1ccc(F)cc1Cl. The third-order valence-corrected chi connectivity index (χ3v) is 3.68. The minimum absolute atomic E-state index is 0.0925. The summed E-state index contributed by atoms with van der Waals surface area (Å²) in [5.41, 5.74) is 2.85. The third-order valence-electron chi connectivity index (χ3n) is 2.91. The van der Waals surface area contributed by atoms with E-state index in [-0.39, 0.29) is 16.5 Å². The Bertz CT molecular complexity index is 665. The molecule has 2 aromatic carbocycles. The molecule has 1 amide bonds. The predicted molar refractivity (Wildman–Crippen MR) is 83.0 cm³/mol. The molecule has 0 aromatic heterocycles. The quantitative estimate of drug-likeness (QED) is 0.796. The van der Waals surface area contributed by atoms with Crippen LogP contribution in [0.15, 0.2) is 34.8 Å². The van der Waals surface area contributed by atoms with Gasteiger partial charge in [0.2, 0.25) is 0 Å². The standard InChI is InChI=1S/C15H12BrClFNO/c1-8-5-10(16)6-9(2)14(8)19-15(20)12-4-3-11(18)7-13(12)17/h3-7H,1-2H3,(H,19,20). The van der Waals surface area contributed by atoms with Gasteiger partial charge in [0.25, 0.3) is 5.91 Å². The average molecular weight is 357 g/mol. The van der Waals surface area contributed by atoms with Gasteiger partial charge in [0.05, 0.1) is 10.6 Å². The molecule has 0 saturated carbocycles. The summed E-state index contributed by atoms with van der Waals surface area (Å²) in [5.74, 6) is -0.828. The van der Waals surface area contributed by atoms with Crippen LogP contribution < -0.4 is 5.32 Å². The van der Waals surface area contributed by atoms with E-state index in [9.17, 15) is 9.18 Å². The summed E-state index contributed by atoms with van der Waals surface area (Å²) in [6.07, 6.45) is 0. The first kappa shape index (κ1) is 15.0. The number of hydrogen-bond acceptors (Lipinski definition) is 1. The number of benzene rings is 2. The van der Waals surface area contributed by atoms with Crippen molar-refractivity contribution in [2.75, 3.05) is 5.32 Å². The number of carbonyl (C=O) groups is 1. The fourth-order valence-electron chi connectivity index (χ4n) is 1.96. The van der Waals surface area contributed by atoms with Crippen molar-refractivity contribution in [3.63, 3.8) is 0 Å². The summed E-state index contributed by atoms with van der Waals surface area (Å²) in [7, 11) is 0. The van der Waals surface area contributed by atoms with Crippen molar-refractivity contribution in [3.05, 3.63) is 62.3 Å². The van der Waals surface area contributed by atoms with Gasteiger partial charge in [-0.15, -0.1) is 0 Å². The van der Waals surface area contributed by atoms with Crippen LogP contribution in [0.1, 0.15) is 21.5 Å². The zero-order valence-corrected chi connectivity index (χ0v) is 13.3. The van der Waals surface area contributed by atoms with E-state index in [1.165, 1.54) is 12.1 Å². The molecule has 0 spiro atoms. The van der Waals surface area contributed by atoms with E-state index in [4.69, 9.17) is 11.6 Å². The van der Waals surface area contributed by atoms with Crippen molar-refractivity contribution in [1.29, 1.82) is 0 Å². The van der Waals surface area contributed by atoms with Gasteiger partial charge in [0.15, 0.2) is 0 Å². The second-order valence-electron chi connectivity index (χ2n) is 4.49. The van der Waals surface area contributed by atoms with Gasteiger partial charge in [0.1, 0.15) is 5.82 Å². The van der Waals surface area contributed by atoms with Crippen molar-refractivity contribution >= 4 is 39.1 Å². The second kappa shape index (κ2) is 5.94. The zero-order chi connectivity index (χ0) is 14.9. The van der Waals surface area contributed by atoms with Crippen LogP contribution in [0.4, 0.5) is 10.1 Å². The molecule has 0 atom stereocenters. The maximum absolute atomic E-state index is 13.0. The molecule has 0 saturated heterocycles. The van der Waals surface area contributed by atoms with Crippen molar-refractivity contribution in [3.8, 4) is 0 Å². The Hall–Kier alpha value is -1.39. The molecule has 2 aromatic rings. The van der Waals surface area contributed by atoms with Crippen LogP contribution in [0.2, 0.25) is 5.02 Å². The van der Waals surface area contributed by atoms with Gasteiger partial charge in [-0.05, 0) is 55.3 Å². The Labute approximate surface area is 130 Å². The number of amides is 1. The van der Waals surface area contributed by atoms with Gasteiger partial charge in [-0.3, -0.25) is 4.79 Å². The molecular weight excluding hydrogens is 345 g/mol. The van der Waals surface area contributed by atoms with E-state index in [0.29, 0.717) is 0 Å². The minimum atomic E-state index is -0.470. The topological polar surface area (TPSA) is 29.1 Å². The van der Waals surface area contributed by atoms with E-state index < -0.39 is 5.82 Å². The molecule has 104 valence electrons. The van der Waals surface area contributed by atoms with Crippen LogP contribution in [-0.2, 0) is 0 Å². The van der Waals surface area contributed by atoms with Gasteiger partial charge in [-0.25, -0.2) is 4.39 Å². The number of anilines is 1. The van der Waals surface area contributed by atoms with Crippen LogP contribution in [-0.4, -0.2) is 5.91 Å². The molecule has 20 heavy (non-hydrogen) atoms. The zero-order valence-electron chi connectivity index (χ0n) is 10.9. The first-order valence-electron chi connectivity index (χ1n) is 5.91. The first-order chi connectivity index (χ1) is 9.38. The first-order valence-corrected chi connectivity index (χ1v) is 7.08. The highest BCUT2D eigenvalue weighted by atomic mass is 79.9. The molecule has 0 bridgehead atoms. The largest absolute Gasteiger partial charge is 0.321 e. The number of carbonyl (C=O) groups excluding carboxylic acids is 1. The summed E-state index contributed by atoms with van der Waals surface area (Å²) < 4.78 is 13.9. The number of aryl methyl sites for hydroxylation is 2. The lowest BCUT2D eigenvalue weighted by Gasteiger charge is -2.13. The van der Waals surface area contributed by atoms with Gasteiger partial charge < -0.3 is 5.32 Å². The van der Waals surface area contributed by atoms with E-state index in [1.54, 1.807) is 0 Å². The molecular formula is C15H12BrClFNO. The third kappa shape index (κ3) is 3.19. The molecule has 0 heterocycles. The minimum Gasteiger partial charge on any atom is -0.321 e. The average Bonchev–Trinajstić information content (AvgIpc) is 2.33. The Balaban J connectivity index is 2.33. The van der Waals surface area contributed by atoms with Crippen LogP contribution in [0, 0.1) is 19.7 Å². The fourth-order valence-corrected chi connectivity index (χ4v) is 2.90. The van der Waals surface area contributed by atoms with E-state index >= 15 is 0 Å². The van der Waals surface area contributed by atoms with Crippen LogP contribution in [0.25, 0.3) is 0 Å². The number of halogens is 3. The lowest BCUT2D eigenvalue weighted by molar-refractivity contribution is 0.102. The molecule has 0 radical (unpaired) electrons. The molecule has 0 aliphatic heterocycles. The highest BCUT2D eigenvalue weighted by molar-refractivity contribution is 9.10. The molecule has 0 unspecified atom stereocenters.